The highest BCUT2D eigenvalue weighted by molar-refractivity contribution is 6.30. The maximum absolute atomic E-state index is 14.0. The van der Waals surface area contributed by atoms with Gasteiger partial charge in [-0.3, -0.25) is 4.79 Å². The normalized spacial score (nSPS) is 17.4. The molecule has 2 atom stereocenters. The Morgan fingerprint density at radius 1 is 1.17 bits per heavy atom. The number of amides is 1. The van der Waals surface area contributed by atoms with Gasteiger partial charge in [-0.15, -0.1) is 0 Å². The molecule has 2 aromatic heterocycles. The first-order valence-electron chi connectivity index (χ1n) is 11.2. The molecule has 0 aliphatic carbocycles. The second-order valence-electron chi connectivity index (χ2n) is 8.68. The van der Waals surface area contributed by atoms with Crippen molar-refractivity contribution in [2.75, 3.05) is 12.4 Å². The summed E-state index contributed by atoms with van der Waals surface area (Å²) < 4.78 is 44.4. The van der Waals surface area contributed by atoms with E-state index in [4.69, 9.17) is 11.6 Å². The van der Waals surface area contributed by atoms with E-state index in [1.165, 1.54) is 11.0 Å². The number of carbonyl (C=O) groups is 1. The minimum atomic E-state index is -4.53. The fourth-order valence-corrected chi connectivity index (χ4v) is 4.43. The monoisotopic (exact) mass is 514 g/mol. The van der Waals surface area contributed by atoms with Crippen LogP contribution in [0, 0.1) is 0 Å². The van der Waals surface area contributed by atoms with E-state index in [-0.39, 0.29) is 24.5 Å². The number of rotatable bonds is 5. The smallest absolute Gasteiger partial charge is 0.363 e. The highest BCUT2D eigenvalue weighted by Crippen LogP contribution is 2.43. The van der Waals surface area contributed by atoms with Crippen molar-refractivity contribution < 1.29 is 18.0 Å². The van der Waals surface area contributed by atoms with E-state index in [9.17, 15) is 18.0 Å². The van der Waals surface area contributed by atoms with E-state index in [2.05, 4.69) is 15.5 Å². The standard InChI is InChI=1S/C25H22ClF3N6O/c1-33(15-16-3-9-19(10-4-16)34-12-2-11-30-34)24(36)21-14-23-31-20(17-5-7-18(26)8-6-17)13-22(25(27,28)29)35(23)32-21/h2-12,14,20,22,31H,13,15H2,1H3/t20-,22+/m1/s1. The number of benzene rings is 2. The lowest BCUT2D eigenvalue weighted by molar-refractivity contribution is -0.173. The summed E-state index contributed by atoms with van der Waals surface area (Å²) in [5.74, 6) is -0.331. The van der Waals surface area contributed by atoms with Gasteiger partial charge in [0.1, 0.15) is 5.82 Å². The van der Waals surface area contributed by atoms with Crippen molar-refractivity contribution in [3.8, 4) is 5.69 Å². The van der Waals surface area contributed by atoms with Crippen molar-refractivity contribution in [3.05, 3.63) is 94.9 Å². The summed E-state index contributed by atoms with van der Waals surface area (Å²) >= 11 is 5.93. The Morgan fingerprint density at radius 3 is 2.53 bits per heavy atom. The fourth-order valence-electron chi connectivity index (χ4n) is 4.31. The number of fused-ring (bicyclic) bond motifs is 1. The molecule has 11 heteroatoms. The predicted octanol–water partition coefficient (Wildman–Crippen LogP) is 5.65. The number of anilines is 1. The highest BCUT2D eigenvalue weighted by atomic mass is 35.5. The number of hydrogen-bond donors (Lipinski definition) is 1. The summed E-state index contributed by atoms with van der Waals surface area (Å²) in [5, 5.41) is 11.8. The first kappa shape index (κ1) is 23.9. The minimum absolute atomic E-state index is 0.0563. The summed E-state index contributed by atoms with van der Waals surface area (Å²) in [7, 11) is 1.59. The Morgan fingerprint density at radius 2 is 1.89 bits per heavy atom. The third kappa shape index (κ3) is 4.81. The molecule has 0 saturated carbocycles. The van der Waals surface area contributed by atoms with Gasteiger partial charge in [0.15, 0.2) is 11.7 Å². The van der Waals surface area contributed by atoms with Crippen LogP contribution in [0.3, 0.4) is 0 Å². The SMILES string of the molecule is CN(Cc1ccc(-n2cccn2)cc1)C(=O)c1cc2n(n1)[C@H](C(F)(F)F)C[C@H](c1ccc(Cl)cc1)N2. The van der Waals surface area contributed by atoms with Crippen molar-refractivity contribution >= 4 is 23.3 Å². The van der Waals surface area contributed by atoms with Gasteiger partial charge in [0.2, 0.25) is 0 Å². The Labute approximate surface area is 210 Å². The van der Waals surface area contributed by atoms with Crippen LogP contribution in [0.5, 0.6) is 0 Å². The first-order valence-corrected chi connectivity index (χ1v) is 11.6. The Balaban J connectivity index is 1.35. The minimum Gasteiger partial charge on any atom is -0.363 e. The molecule has 0 spiro atoms. The molecule has 0 radical (unpaired) electrons. The van der Waals surface area contributed by atoms with Crippen LogP contribution in [0.15, 0.2) is 73.1 Å². The lowest BCUT2D eigenvalue weighted by atomic mass is 9.97. The van der Waals surface area contributed by atoms with Crippen LogP contribution in [0.1, 0.15) is 40.1 Å². The Kier molecular flexibility index (Phi) is 6.21. The van der Waals surface area contributed by atoms with E-state index >= 15 is 0 Å². The third-order valence-corrected chi connectivity index (χ3v) is 6.41. The van der Waals surface area contributed by atoms with Gasteiger partial charge in [0.05, 0.1) is 11.7 Å². The predicted molar refractivity (Wildman–Crippen MR) is 129 cm³/mol. The topological polar surface area (TPSA) is 68.0 Å². The molecule has 5 rings (SSSR count). The third-order valence-electron chi connectivity index (χ3n) is 6.15. The van der Waals surface area contributed by atoms with Crippen molar-refractivity contribution in [1.82, 2.24) is 24.5 Å². The molecule has 1 aliphatic rings. The van der Waals surface area contributed by atoms with Gasteiger partial charge in [0.25, 0.3) is 5.91 Å². The molecule has 4 aromatic rings. The van der Waals surface area contributed by atoms with E-state index in [0.717, 1.165) is 15.9 Å². The lowest BCUT2D eigenvalue weighted by Gasteiger charge is -2.33. The summed E-state index contributed by atoms with van der Waals surface area (Å²) in [5.41, 5.74) is 2.35. The van der Waals surface area contributed by atoms with Crippen molar-refractivity contribution in [3.63, 3.8) is 0 Å². The van der Waals surface area contributed by atoms with Crippen LogP contribution in [0.25, 0.3) is 5.69 Å². The quantitative estimate of drug-likeness (QED) is 0.373. The molecule has 0 bridgehead atoms. The van der Waals surface area contributed by atoms with Crippen LogP contribution < -0.4 is 5.32 Å². The van der Waals surface area contributed by atoms with Crippen LogP contribution in [-0.4, -0.2) is 43.6 Å². The van der Waals surface area contributed by atoms with Crippen LogP contribution in [0.4, 0.5) is 19.0 Å². The number of nitrogens with zero attached hydrogens (tertiary/aromatic N) is 5. The molecule has 2 aromatic carbocycles. The molecule has 1 amide bonds. The number of halogens is 4. The maximum atomic E-state index is 14.0. The van der Waals surface area contributed by atoms with Gasteiger partial charge in [-0.1, -0.05) is 35.9 Å². The molecule has 0 fully saturated rings. The van der Waals surface area contributed by atoms with Crippen LogP contribution >= 0.6 is 11.6 Å². The van der Waals surface area contributed by atoms with E-state index in [1.54, 1.807) is 42.2 Å². The Bertz CT molecular complexity index is 1350. The number of carbonyl (C=O) groups excluding carboxylic acids is 1. The van der Waals surface area contributed by atoms with E-state index < -0.39 is 24.2 Å². The zero-order valence-electron chi connectivity index (χ0n) is 19.2. The molecule has 1 aliphatic heterocycles. The molecular formula is C25H22ClF3N6O. The average Bonchev–Trinajstić information content (AvgIpc) is 3.53. The zero-order chi connectivity index (χ0) is 25.4. The molecule has 36 heavy (non-hydrogen) atoms. The molecule has 0 unspecified atom stereocenters. The van der Waals surface area contributed by atoms with Crippen LogP contribution in [-0.2, 0) is 6.54 Å². The number of hydrogen-bond acceptors (Lipinski definition) is 4. The molecule has 7 nitrogen and oxygen atoms in total. The number of alkyl halides is 3. The number of nitrogens with one attached hydrogen (secondary N) is 1. The number of aromatic nitrogens is 4. The van der Waals surface area contributed by atoms with Crippen molar-refractivity contribution in [1.29, 1.82) is 0 Å². The van der Waals surface area contributed by atoms with Gasteiger partial charge in [-0.25, -0.2) is 9.36 Å². The largest absolute Gasteiger partial charge is 0.410 e. The average molecular weight is 515 g/mol. The summed E-state index contributed by atoms with van der Waals surface area (Å²) in [6.45, 7) is 0.268. The van der Waals surface area contributed by atoms with Crippen molar-refractivity contribution in [2.24, 2.45) is 0 Å². The second kappa shape index (κ2) is 9.34. The summed E-state index contributed by atoms with van der Waals surface area (Å²) in [4.78, 5) is 14.5. The maximum Gasteiger partial charge on any atom is 0.410 e. The fraction of sp³-hybridized carbons (Fsp3) is 0.240. The van der Waals surface area contributed by atoms with Gasteiger partial charge < -0.3 is 10.2 Å². The van der Waals surface area contributed by atoms with E-state index in [1.807, 2.05) is 36.5 Å². The van der Waals surface area contributed by atoms with Crippen LogP contribution in [0.2, 0.25) is 5.02 Å². The molecule has 3 heterocycles. The highest BCUT2D eigenvalue weighted by Gasteiger charge is 2.46. The van der Waals surface area contributed by atoms with Gasteiger partial charge >= 0.3 is 6.18 Å². The second-order valence-corrected chi connectivity index (χ2v) is 9.12. The van der Waals surface area contributed by atoms with Gasteiger partial charge in [-0.05, 0) is 41.5 Å². The lowest BCUT2D eigenvalue weighted by Crippen LogP contribution is -2.35. The Hall–Kier alpha value is -3.79. The molecule has 1 N–H and O–H groups in total. The molecule has 186 valence electrons. The molecular weight excluding hydrogens is 493 g/mol. The van der Waals surface area contributed by atoms with Gasteiger partial charge in [-0.2, -0.15) is 23.4 Å². The summed E-state index contributed by atoms with van der Waals surface area (Å²) in [6, 6.07) is 14.9. The van der Waals surface area contributed by atoms with E-state index in [0.29, 0.717) is 10.6 Å². The summed E-state index contributed by atoms with van der Waals surface area (Å²) in [6.07, 6.45) is -1.28. The first-order chi connectivity index (χ1) is 17.2. The van der Waals surface area contributed by atoms with Crippen molar-refractivity contribution in [2.45, 2.75) is 31.2 Å². The zero-order valence-corrected chi connectivity index (χ0v) is 19.9. The van der Waals surface area contributed by atoms with Gasteiger partial charge in [0, 0.05) is 43.5 Å². The molecule has 0 saturated heterocycles.